The van der Waals surface area contributed by atoms with Crippen molar-refractivity contribution in [3.8, 4) is 11.5 Å². The number of anilines is 1. The summed E-state index contributed by atoms with van der Waals surface area (Å²) >= 11 is 0. The molecule has 0 bridgehead atoms. The summed E-state index contributed by atoms with van der Waals surface area (Å²) < 4.78 is 40.4. The second-order valence-corrected chi connectivity index (χ2v) is 13.1. The Morgan fingerprint density at radius 2 is 1.55 bits per heavy atom. The molecule has 3 aromatic carbocycles. The molecule has 1 aliphatic rings. The van der Waals surface area contributed by atoms with Crippen LogP contribution in [-0.2, 0) is 26.2 Å². The van der Waals surface area contributed by atoms with Crippen molar-refractivity contribution in [2.24, 2.45) is 0 Å². The first-order valence-electron chi connectivity index (χ1n) is 15.0. The normalized spacial score (nSPS) is 14.1. The van der Waals surface area contributed by atoms with Gasteiger partial charge in [0.2, 0.25) is 11.8 Å². The fraction of sp³-hybridized carbons (Fsp3) is 0.412. The summed E-state index contributed by atoms with van der Waals surface area (Å²) in [6, 6.07) is 18.2. The fourth-order valence-corrected chi connectivity index (χ4v) is 6.98. The van der Waals surface area contributed by atoms with Gasteiger partial charge in [0.25, 0.3) is 10.0 Å². The number of rotatable bonds is 13. The number of sulfonamides is 1. The number of carbonyl (C=O) groups is 2. The zero-order chi connectivity index (χ0) is 31.9. The topological polar surface area (TPSA) is 105 Å². The van der Waals surface area contributed by atoms with E-state index >= 15 is 0 Å². The molecule has 0 saturated heterocycles. The summed E-state index contributed by atoms with van der Waals surface area (Å²) in [6.45, 7) is 5.16. The lowest BCUT2D eigenvalue weighted by molar-refractivity contribution is -0.140. The van der Waals surface area contributed by atoms with E-state index in [1.165, 1.54) is 24.1 Å². The van der Waals surface area contributed by atoms with Gasteiger partial charge in [-0.05, 0) is 80.6 Å². The molecular weight excluding hydrogens is 578 g/mol. The number of hydrogen-bond donors (Lipinski definition) is 1. The van der Waals surface area contributed by atoms with E-state index in [2.05, 4.69) is 5.32 Å². The van der Waals surface area contributed by atoms with Gasteiger partial charge in [0.05, 0.1) is 24.8 Å². The number of amides is 2. The van der Waals surface area contributed by atoms with Crippen molar-refractivity contribution in [3.05, 3.63) is 83.4 Å². The predicted molar refractivity (Wildman–Crippen MR) is 171 cm³/mol. The lowest BCUT2D eigenvalue weighted by Crippen LogP contribution is -2.53. The van der Waals surface area contributed by atoms with Gasteiger partial charge in [0.15, 0.2) is 0 Å². The molecule has 236 valence electrons. The van der Waals surface area contributed by atoms with E-state index < -0.39 is 28.5 Å². The third-order valence-corrected chi connectivity index (χ3v) is 9.86. The molecule has 1 fully saturated rings. The van der Waals surface area contributed by atoms with Crippen LogP contribution in [0, 0.1) is 13.8 Å². The van der Waals surface area contributed by atoms with Crippen molar-refractivity contribution < 1.29 is 27.5 Å². The molecule has 9 nitrogen and oxygen atoms in total. The van der Waals surface area contributed by atoms with Gasteiger partial charge in [-0.25, -0.2) is 8.42 Å². The molecule has 0 heterocycles. The molecule has 0 radical (unpaired) electrons. The summed E-state index contributed by atoms with van der Waals surface area (Å²) in [5.41, 5.74) is 2.74. The van der Waals surface area contributed by atoms with Crippen LogP contribution in [0.25, 0.3) is 0 Å². The standard InChI is InChI=1S/C34H43N3O6S/c1-6-30(34(39)35-27-9-7-8-10-27)36(22-26-14-16-28(42-4)17-15-26)33(38)23-37(31-21-25(3)13-20-32(31)43-5)44(40,41)29-18-11-24(2)12-19-29/h11-21,27,30H,6-10,22-23H2,1-5H3,(H,35,39)/t30-/m1/s1. The maximum absolute atomic E-state index is 14.4. The van der Waals surface area contributed by atoms with E-state index in [4.69, 9.17) is 9.47 Å². The largest absolute Gasteiger partial charge is 0.497 e. The van der Waals surface area contributed by atoms with Gasteiger partial charge in [-0.3, -0.25) is 13.9 Å². The summed E-state index contributed by atoms with van der Waals surface area (Å²) in [5, 5.41) is 3.14. The van der Waals surface area contributed by atoms with Gasteiger partial charge in [-0.1, -0.05) is 55.7 Å². The monoisotopic (exact) mass is 621 g/mol. The number of nitrogens with zero attached hydrogens (tertiary/aromatic N) is 2. The van der Waals surface area contributed by atoms with Crippen molar-refractivity contribution >= 4 is 27.5 Å². The highest BCUT2D eigenvalue weighted by Gasteiger charge is 2.35. The number of hydrogen-bond acceptors (Lipinski definition) is 6. The van der Waals surface area contributed by atoms with Crippen LogP contribution in [0.15, 0.2) is 71.6 Å². The van der Waals surface area contributed by atoms with Gasteiger partial charge in [-0.2, -0.15) is 0 Å². The molecule has 2 amide bonds. The zero-order valence-electron chi connectivity index (χ0n) is 26.2. The van der Waals surface area contributed by atoms with Gasteiger partial charge >= 0.3 is 0 Å². The van der Waals surface area contributed by atoms with Gasteiger partial charge in [0.1, 0.15) is 24.1 Å². The summed E-state index contributed by atoms with van der Waals surface area (Å²) in [6.07, 6.45) is 4.29. The van der Waals surface area contributed by atoms with Crippen LogP contribution >= 0.6 is 0 Å². The summed E-state index contributed by atoms with van der Waals surface area (Å²) in [5.74, 6) is 0.238. The van der Waals surface area contributed by atoms with Gasteiger partial charge in [-0.15, -0.1) is 0 Å². The highest BCUT2D eigenvalue weighted by atomic mass is 32.2. The van der Waals surface area contributed by atoms with Crippen molar-refractivity contribution in [1.29, 1.82) is 0 Å². The SMILES string of the molecule is CC[C@H](C(=O)NC1CCCC1)N(Cc1ccc(OC)cc1)C(=O)CN(c1cc(C)ccc1OC)S(=O)(=O)c1ccc(C)cc1. The molecule has 4 rings (SSSR count). The van der Waals surface area contributed by atoms with Gasteiger partial charge in [0, 0.05) is 12.6 Å². The molecule has 0 aliphatic heterocycles. The minimum Gasteiger partial charge on any atom is -0.497 e. The van der Waals surface area contributed by atoms with Crippen molar-refractivity contribution in [3.63, 3.8) is 0 Å². The van der Waals surface area contributed by atoms with Crippen molar-refractivity contribution in [2.75, 3.05) is 25.1 Å². The Labute approximate surface area is 261 Å². The first kappa shape index (κ1) is 32.9. The van der Waals surface area contributed by atoms with Crippen LogP contribution < -0.4 is 19.1 Å². The molecular formula is C34H43N3O6S. The minimum atomic E-state index is -4.21. The van der Waals surface area contributed by atoms with E-state index in [1.54, 1.807) is 43.5 Å². The van der Waals surface area contributed by atoms with Crippen LogP contribution in [0.2, 0.25) is 0 Å². The predicted octanol–water partition coefficient (Wildman–Crippen LogP) is 5.38. The van der Waals surface area contributed by atoms with Crippen molar-refractivity contribution in [2.45, 2.75) is 76.4 Å². The molecule has 10 heteroatoms. The quantitative estimate of drug-likeness (QED) is 0.275. The van der Waals surface area contributed by atoms with Crippen LogP contribution in [0.5, 0.6) is 11.5 Å². The molecule has 1 N–H and O–H groups in total. The first-order valence-corrected chi connectivity index (χ1v) is 16.5. The second kappa shape index (κ2) is 14.6. The Bertz CT molecular complexity index is 1530. The first-order chi connectivity index (χ1) is 21.1. The summed E-state index contributed by atoms with van der Waals surface area (Å²) in [7, 11) is -1.17. The Kier molecular flexibility index (Phi) is 10.9. The smallest absolute Gasteiger partial charge is 0.264 e. The minimum absolute atomic E-state index is 0.0483. The van der Waals surface area contributed by atoms with E-state index in [1.807, 2.05) is 39.0 Å². The third-order valence-electron chi connectivity index (χ3n) is 8.09. The molecule has 0 spiro atoms. The van der Waals surface area contributed by atoms with Gasteiger partial charge < -0.3 is 19.7 Å². The number of methoxy groups -OCH3 is 2. The average Bonchev–Trinajstić information content (AvgIpc) is 3.53. The van der Waals surface area contributed by atoms with Crippen LogP contribution in [0.4, 0.5) is 5.69 Å². The van der Waals surface area contributed by atoms with Crippen molar-refractivity contribution in [1.82, 2.24) is 10.2 Å². The molecule has 1 atom stereocenters. The van der Waals surface area contributed by atoms with E-state index in [9.17, 15) is 18.0 Å². The summed E-state index contributed by atoms with van der Waals surface area (Å²) in [4.78, 5) is 29.6. The molecule has 44 heavy (non-hydrogen) atoms. The molecule has 3 aromatic rings. The number of carbonyl (C=O) groups excluding carboxylic acids is 2. The second-order valence-electron chi connectivity index (χ2n) is 11.3. The van der Waals surface area contributed by atoms with Crippen LogP contribution in [0.3, 0.4) is 0 Å². The highest BCUT2D eigenvalue weighted by molar-refractivity contribution is 7.92. The zero-order valence-corrected chi connectivity index (χ0v) is 27.0. The fourth-order valence-electron chi connectivity index (χ4n) is 5.56. The van der Waals surface area contributed by atoms with E-state index in [0.717, 1.165) is 46.7 Å². The third kappa shape index (κ3) is 7.72. The molecule has 0 aromatic heterocycles. The Morgan fingerprint density at radius 3 is 2.14 bits per heavy atom. The lowest BCUT2D eigenvalue weighted by atomic mass is 10.1. The van der Waals surface area contributed by atoms with Crippen LogP contribution in [0.1, 0.15) is 55.7 Å². The number of ether oxygens (including phenoxy) is 2. The molecule has 1 saturated carbocycles. The Morgan fingerprint density at radius 1 is 0.909 bits per heavy atom. The molecule has 1 aliphatic carbocycles. The maximum Gasteiger partial charge on any atom is 0.264 e. The highest BCUT2D eigenvalue weighted by Crippen LogP contribution is 2.34. The Balaban J connectivity index is 1.76. The Hall–Kier alpha value is -4.05. The average molecular weight is 622 g/mol. The van der Waals surface area contributed by atoms with Crippen LogP contribution in [-0.4, -0.2) is 58.0 Å². The van der Waals surface area contributed by atoms with E-state index in [0.29, 0.717) is 17.9 Å². The molecule has 0 unspecified atom stereocenters. The van der Waals surface area contributed by atoms with E-state index in [-0.39, 0.29) is 29.1 Å². The number of benzene rings is 3. The number of aryl methyl sites for hydroxylation is 2. The lowest BCUT2D eigenvalue weighted by Gasteiger charge is -2.34. The number of nitrogens with one attached hydrogen (secondary N) is 1. The maximum atomic E-state index is 14.4.